The summed E-state index contributed by atoms with van der Waals surface area (Å²) in [4.78, 5) is 11.8. The van der Waals surface area contributed by atoms with Crippen molar-refractivity contribution in [3.63, 3.8) is 0 Å². The second-order valence-corrected chi connectivity index (χ2v) is 5.95. The standard InChI is InChI=1S/C15H24N2O.ClH/c1-10-8-6-7-9-12(10)13(15(3,4)5)17-14(18)11(2)16;/h6-9,11,13H,16H2,1-5H3,(H,17,18);1H/t11-,13?;/m1./s1. The van der Waals surface area contributed by atoms with Gasteiger partial charge in [0, 0.05) is 0 Å². The van der Waals surface area contributed by atoms with Gasteiger partial charge in [-0.05, 0) is 30.4 Å². The number of nitrogens with one attached hydrogen (secondary N) is 1. The predicted molar refractivity (Wildman–Crippen MR) is 82.4 cm³/mol. The number of amides is 1. The molecule has 0 aliphatic heterocycles. The summed E-state index contributed by atoms with van der Waals surface area (Å²) >= 11 is 0. The van der Waals surface area contributed by atoms with E-state index in [1.54, 1.807) is 6.92 Å². The summed E-state index contributed by atoms with van der Waals surface area (Å²) in [6.45, 7) is 10.1. The molecule has 3 nitrogen and oxygen atoms in total. The zero-order valence-electron chi connectivity index (χ0n) is 12.4. The van der Waals surface area contributed by atoms with Gasteiger partial charge in [-0.25, -0.2) is 0 Å². The van der Waals surface area contributed by atoms with Crippen LogP contribution in [0, 0.1) is 12.3 Å². The van der Waals surface area contributed by atoms with Gasteiger partial charge in [-0.2, -0.15) is 0 Å². The van der Waals surface area contributed by atoms with E-state index < -0.39 is 6.04 Å². The summed E-state index contributed by atoms with van der Waals surface area (Å²) in [7, 11) is 0. The number of carbonyl (C=O) groups excluding carboxylic acids is 1. The molecule has 1 amide bonds. The average Bonchev–Trinajstić information content (AvgIpc) is 2.25. The van der Waals surface area contributed by atoms with Gasteiger partial charge < -0.3 is 11.1 Å². The van der Waals surface area contributed by atoms with Crippen LogP contribution in [0.4, 0.5) is 0 Å². The highest BCUT2D eigenvalue weighted by Gasteiger charge is 2.29. The van der Waals surface area contributed by atoms with Crippen LogP contribution in [0.2, 0.25) is 0 Å². The smallest absolute Gasteiger partial charge is 0.237 e. The van der Waals surface area contributed by atoms with E-state index in [1.807, 2.05) is 12.1 Å². The highest BCUT2D eigenvalue weighted by Crippen LogP contribution is 2.34. The van der Waals surface area contributed by atoms with Crippen LogP contribution >= 0.6 is 12.4 Å². The van der Waals surface area contributed by atoms with Crippen LogP contribution in [0.5, 0.6) is 0 Å². The average molecular weight is 285 g/mol. The van der Waals surface area contributed by atoms with Gasteiger partial charge in [-0.15, -0.1) is 12.4 Å². The summed E-state index contributed by atoms with van der Waals surface area (Å²) in [5.41, 5.74) is 7.91. The van der Waals surface area contributed by atoms with Crippen molar-refractivity contribution in [2.24, 2.45) is 11.1 Å². The van der Waals surface area contributed by atoms with E-state index in [-0.39, 0.29) is 29.8 Å². The fourth-order valence-electron chi connectivity index (χ4n) is 1.95. The molecule has 0 bridgehead atoms. The zero-order chi connectivity index (χ0) is 13.9. The molecule has 2 atom stereocenters. The molecule has 0 aliphatic carbocycles. The third-order valence-electron chi connectivity index (χ3n) is 3.07. The molecule has 0 fully saturated rings. The lowest BCUT2D eigenvalue weighted by molar-refractivity contribution is -0.123. The number of hydrogen-bond donors (Lipinski definition) is 2. The van der Waals surface area contributed by atoms with Crippen LogP contribution in [0.1, 0.15) is 44.9 Å². The van der Waals surface area contributed by atoms with Crippen molar-refractivity contribution < 1.29 is 4.79 Å². The van der Waals surface area contributed by atoms with E-state index in [2.05, 4.69) is 45.1 Å². The molecule has 108 valence electrons. The number of nitrogens with two attached hydrogens (primary N) is 1. The number of rotatable bonds is 3. The molecule has 1 rings (SSSR count). The molecular weight excluding hydrogens is 260 g/mol. The quantitative estimate of drug-likeness (QED) is 0.896. The first-order chi connectivity index (χ1) is 8.23. The fourth-order valence-corrected chi connectivity index (χ4v) is 1.95. The van der Waals surface area contributed by atoms with Gasteiger partial charge in [0.05, 0.1) is 12.1 Å². The summed E-state index contributed by atoms with van der Waals surface area (Å²) in [5, 5.41) is 3.05. The minimum Gasteiger partial charge on any atom is -0.347 e. The molecule has 0 saturated heterocycles. The third-order valence-corrected chi connectivity index (χ3v) is 3.07. The molecule has 19 heavy (non-hydrogen) atoms. The lowest BCUT2D eigenvalue weighted by atomic mass is 9.80. The van der Waals surface area contributed by atoms with Gasteiger partial charge in [-0.1, -0.05) is 45.0 Å². The van der Waals surface area contributed by atoms with Crippen molar-refractivity contribution in [1.29, 1.82) is 0 Å². The van der Waals surface area contributed by atoms with Crippen molar-refractivity contribution >= 4 is 18.3 Å². The fraction of sp³-hybridized carbons (Fsp3) is 0.533. The molecule has 1 unspecified atom stereocenters. The lowest BCUT2D eigenvalue weighted by Gasteiger charge is -2.33. The Hall–Kier alpha value is -1.06. The minimum atomic E-state index is -0.487. The zero-order valence-corrected chi connectivity index (χ0v) is 13.2. The largest absolute Gasteiger partial charge is 0.347 e. The Morgan fingerprint density at radius 2 is 1.79 bits per heavy atom. The first kappa shape index (κ1) is 17.9. The molecule has 0 heterocycles. The summed E-state index contributed by atoms with van der Waals surface area (Å²) in [6.07, 6.45) is 0. The third kappa shape index (κ3) is 4.84. The second kappa shape index (κ2) is 6.92. The molecule has 0 radical (unpaired) electrons. The van der Waals surface area contributed by atoms with E-state index in [1.165, 1.54) is 5.56 Å². The van der Waals surface area contributed by atoms with Gasteiger partial charge in [0.2, 0.25) is 5.91 Å². The van der Waals surface area contributed by atoms with Crippen LogP contribution in [-0.4, -0.2) is 11.9 Å². The van der Waals surface area contributed by atoms with E-state index in [0.29, 0.717) is 0 Å². The summed E-state index contributed by atoms with van der Waals surface area (Å²) in [5.74, 6) is -0.113. The van der Waals surface area contributed by atoms with Gasteiger partial charge in [0.1, 0.15) is 0 Å². The Labute approximate surface area is 122 Å². The minimum absolute atomic E-state index is 0. The van der Waals surface area contributed by atoms with Crippen molar-refractivity contribution in [2.75, 3.05) is 0 Å². The number of benzene rings is 1. The van der Waals surface area contributed by atoms with Crippen LogP contribution in [0.3, 0.4) is 0 Å². The van der Waals surface area contributed by atoms with Crippen LogP contribution in [0.15, 0.2) is 24.3 Å². The van der Waals surface area contributed by atoms with E-state index >= 15 is 0 Å². The maximum Gasteiger partial charge on any atom is 0.237 e. The first-order valence-corrected chi connectivity index (χ1v) is 6.35. The number of carbonyl (C=O) groups is 1. The molecule has 1 aromatic carbocycles. The van der Waals surface area contributed by atoms with E-state index in [9.17, 15) is 4.79 Å². The SMILES string of the molecule is Cc1ccccc1C(NC(=O)[C@@H](C)N)C(C)(C)C.Cl. The molecule has 3 N–H and O–H groups in total. The predicted octanol–water partition coefficient (Wildman–Crippen LogP) is 2.97. The van der Waals surface area contributed by atoms with Gasteiger partial charge >= 0.3 is 0 Å². The Kier molecular flexibility index (Phi) is 6.53. The Balaban J connectivity index is 0.00000324. The normalized spacial score (nSPS) is 14.2. The van der Waals surface area contributed by atoms with E-state index in [0.717, 1.165) is 5.56 Å². The highest BCUT2D eigenvalue weighted by atomic mass is 35.5. The molecule has 1 aromatic rings. The number of halogens is 1. The van der Waals surface area contributed by atoms with Crippen molar-refractivity contribution in [3.05, 3.63) is 35.4 Å². The molecular formula is C15H25ClN2O. The molecule has 0 saturated carbocycles. The molecule has 0 spiro atoms. The molecule has 0 aromatic heterocycles. The number of hydrogen-bond acceptors (Lipinski definition) is 2. The maximum atomic E-state index is 11.8. The molecule has 0 aliphatic rings. The Bertz CT molecular complexity index is 424. The van der Waals surface area contributed by atoms with Gasteiger partial charge in [0.15, 0.2) is 0 Å². The summed E-state index contributed by atoms with van der Waals surface area (Å²) < 4.78 is 0. The van der Waals surface area contributed by atoms with Crippen molar-refractivity contribution in [3.8, 4) is 0 Å². The van der Waals surface area contributed by atoms with Crippen LogP contribution < -0.4 is 11.1 Å². The second-order valence-electron chi connectivity index (χ2n) is 5.95. The van der Waals surface area contributed by atoms with E-state index in [4.69, 9.17) is 5.73 Å². The van der Waals surface area contributed by atoms with Crippen molar-refractivity contribution in [2.45, 2.75) is 46.7 Å². The monoisotopic (exact) mass is 284 g/mol. The van der Waals surface area contributed by atoms with Gasteiger partial charge in [-0.3, -0.25) is 4.79 Å². The Morgan fingerprint density at radius 3 is 2.21 bits per heavy atom. The first-order valence-electron chi connectivity index (χ1n) is 6.35. The molecule has 4 heteroatoms. The summed E-state index contributed by atoms with van der Waals surface area (Å²) in [6, 6.07) is 7.61. The van der Waals surface area contributed by atoms with Gasteiger partial charge in [0.25, 0.3) is 0 Å². The van der Waals surface area contributed by atoms with Crippen LogP contribution in [0.25, 0.3) is 0 Å². The Morgan fingerprint density at radius 1 is 1.26 bits per heavy atom. The maximum absolute atomic E-state index is 11.8. The topological polar surface area (TPSA) is 55.1 Å². The van der Waals surface area contributed by atoms with Crippen molar-refractivity contribution in [1.82, 2.24) is 5.32 Å². The highest BCUT2D eigenvalue weighted by molar-refractivity contribution is 5.85. The lowest BCUT2D eigenvalue weighted by Crippen LogP contribution is -2.44. The number of aryl methyl sites for hydroxylation is 1. The van der Waals surface area contributed by atoms with Crippen LogP contribution in [-0.2, 0) is 4.79 Å².